The summed E-state index contributed by atoms with van der Waals surface area (Å²) in [5.74, 6) is 2.28. The van der Waals surface area contributed by atoms with Crippen molar-refractivity contribution in [1.82, 2.24) is 9.80 Å². The van der Waals surface area contributed by atoms with Crippen molar-refractivity contribution in [3.8, 4) is 0 Å². The number of amides is 1. The molecule has 1 N–H and O–H groups in total. The summed E-state index contributed by atoms with van der Waals surface area (Å²) in [6, 6.07) is 1.56. The third-order valence-corrected chi connectivity index (χ3v) is 7.25. The zero-order valence-electron chi connectivity index (χ0n) is 12.7. The summed E-state index contributed by atoms with van der Waals surface area (Å²) in [6.45, 7) is 2.47. The van der Waals surface area contributed by atoms with E-state index in [0.717, 1.165) is 25.7 Å². The molecule has 5 fully saturated rings. The van der Waals surface area contributed by atoms with Gasteiger partial charge in [-0.2, -0.15) is 0 Å². The smallest absolute Gasteiger partial charge is 0.223 e. The Hall–Kier alpha value is -0.610. The van der Waals surface area contributed by atoms with Crippen LogP contribution >= 0.6 is 0 Å². The van der Waals surface area contributed by atoms with Crippen molar-refractivity contribution in [1.29, 1.82) is 0 Å². The van der Waals surface area contributed by atoms with E-state index in [1.807, 2.05) is 0 Å². The molecule has 0 bridgehead atoms. The third kappa shape index (κ3) is 1.66. The second-order valence-electron chi connectivity index (χ2n) is 8.08. The minimum atomic E-state index is -0.122. The lowest BCUT2D eigenvalue weighted by molar-refractivity contribution is -0.149. The molecule has 7 atom stereocenters. The average Bonchev–Trinajstić information content (AvgIpc) is 2.81. The van der Waals surface area contributed by atoms with Gasteiger partial charge in [-0.15, -0.1) is 0 Å². The van der Waals surface area contributed by atoms with E-state index in [-0.39, 0.29) is 6.10 Å². The molecule has 5 aliphatic rings. The Balaban J connectivity index is 1.55. The fraction of sp³-hybridized carbons (Fsp3) is 0.941. The predicted octanol–water partition coefficient (Wildman–Crippen LogP) is 1.23. The van der Waals surface area contributed by atoms with E-state index >= 15 is 0 Å². The van der Waals surface area contributed by atoms with Gasteiger partial charge in [0.05, 0.1) is 12.1 Å². The second-order valence-corrected chi connectivity index (χ2v) is 8.08. The molecule has 0 aromatic heterocycles. The zero-order chi connectivity index (χ0) is 14.1. The molecule has 4 saturated heterocycles. The lowest BCUT2D eigenvalue weighted by Gasteiger charge is -2.55. The number of carbonyl (C=O) groups excluding carboxylic acids is 1. The van der Waals surface area contributed by atoms with Crippen molar-refractivity contribution < 1.29 is 9.90 Å². The molecule has 4 aliphatic heterocycles. The molecular weight excluding hydrogens is 264 g/mol. The minimum absolute atomic E-state index is 0.122. The summed E-state index contributed by atoms with van der Waals surface area (Å²) in [5, 5.41) is 10.1. The number of nitrogens with zero attached hydrogens (tertiary/aromatic N) is 2. The molecule has 7 unspecified atom stereocenters. The number of aliphatic hydroxyl groups is 1. The maximum absolute atomic E-state index is 12.8. The summed E-state index contributed by atoms with van der Waals surface area (Å²) < 4.78 is 0. The highest BCUT2D eigenvalue weighted by Gasteiger charge is 2.61. The molecule has 0 aromatic rings. The number of carbonyl (C=O) groups is 1. The molecule has 0 aromatic carbocycles. The quantitative estimate of drug-likeness (QED) is 0.730. The first-order valence-electron chi connectivity index (χ1n) is 8.97. The van der Waals surface area contributed by atoms with Crippen LogP contribution in [0.15, 0.2) is 0 Å². The minimum Gasteiger partial charge on any atom is -0.393 e. The van der Waals surface area contributed by atoms with Gasteiger partial charge in [0.1, 0.15) is 0 Å². The van der Waals surface area contributed by atoms with Crippen LogP contribution in [0, 0.1) is 17.8 Å². The summed E-state index contributed by atoms with van der Waals surface area (Å²) in [5.41, 5.74) is 0. The van der Waals surface area contributed by atoms with Gasteiger partial charge in [-0.25, -0.2) is 0 Å². The van der Waals surface area contributed by atoms with Crippen molar-refractivity contribution >= 4 is 5.91 Å². The second kappa shape index (κ2) is 4.45. The van der Waals surface area contributed by atoms with E-state index in [1.54, 1.807) is 0 Å². The van der Waals surface area contributed by atoms with Gasteiger partial charge in [0.15, 0.2) is 0 Å². The van der Waals surface area contributed by atoms with Crippen LogP contribution in [0.1, 0.15) is 44.9 Å². The van der Waals surface area contributed by atoms with E-state index in [0.29, 0.717) is 41.8 Å². The van der Waals surface area contributed by atoms with Crippen LogP contribution in [0.4, 0.5) is 0 Å². The van der Waals surface area contributed by atoms with Crippen LogP contribution in [0.5, 0.6) is 0 Å². The number of piperidine rings is 3. The highest BCUT2D eigenvalue weighted by atomic mass is 16.3. The molecule has 0 radical (unpaired) electrons. The lowest BCUT2D eigenvalue weighted by atomic mass is 9.69. The van der Waals surface area contributed by atoms with Crippen molar-refractivity contribution in [2.24, 2.45) is 17.8 Å². The molecule has 1 amide bonds. The van der Waals surface area contributed by atoms with Crippen molar-refractivity contribution in [2.75, 3.05) is 13.1 Å². The summed E-state index contributed by atoms with van der Waals surface area (Å²) in [4.78, 5) is 17.8. The van der Waals surface area contributed by atoms with Gasteiger partial charge in [0.25, 0.3) is 0 Å². The van der Waals surface area contributed by atoms with Gasteiger partial charge < -0.3 is 10.0 Å². The van der Waals surface area contributed by atoms with Crippen LogP contribution in [-0.2, 0) is 4.79 Å². The molecule has 1 aliphatic carbocycles. The van der Waals surface area contributed by atoms with E-state index < -0.39 is 0 Å². The van der Waals surface area contributed by atoms with Crippen molar-refractivity contribution in [3.05, 3.63) is 0 Å². The molecule has 1 saturated carbocycles. The Morgan fingerprint density at radius 1 is 1.00 bits per heavy atom. The van der Waals surface area contributed by atoms with Gasteiger partial charge in [-0.1, -0.05) is 0 Å². The molecule has 4 nitrogen and oxygen atoms in total. The van der Waals surface area contributed by atoms with Gasteiger partial charge in [0, 0.05) is 18.5 Å². The lowest BCUT2D eigenvalue weighted by Crippen LogP contribution is -2.65. The first-order chi connectivity index (χ1) is 10.2. The summed E-state index contributed by atoms with van der Waals surface area (Å²) in [6.07, 6.45) is 7.29. The highest BCUT2D eigenvalue weighted by Crippen LogP contribution is 2.53. The van der Waals surface area contributed by atoms with Crippen LogP contribution in [0.25, 0.3) is 0 Å². The first kappa shape index (κ1) is 12.9. The molecule has 0 spiro atoms. The molecule has 5 rings (SSSR count). The number of rotatable bonds is 0. The van der Waals surface area contributed by atoms with Gasteiger partial charge in [-0.05, 0) is 69.4 Å². The fourth-order valence-corrected chi connectivity index (χ4v) is 6.60. The molecule has 21 heavy (non-hydrogen) atoms. The maximum atomic E-state index is 12.8. The zero-order valence-corrected chi connectivity index (χ0v) is 12.7. The number of fused-ring (bicyclic) bond motifs is 3. The Labute approximate surface area is 126 Å². The number of aliphatic hydroxyl groups excluding tert-OH is 1. The maximum Gasteiger partial charge on any atom is 0.223 e. The highest BCUT2D eigenvalue weighted by molar-refractivity contribution is 5.79. The van der Waals surface area contributed by atoms with Crippen LogP contribution in [0.2, 0.25) is 0 Å². The summed E-state index contributed by atoms with van der Waals surface area (Å²) in [7, 11) is 0. The SMILES string of the molecule is O=C1CC2CCCN3CCC4C5CC(O)CCC5N1C4C23. The van der Waals surface area contributed by atoms with Gasteiger partial charge >= 0.3 is 0 Å². The first-order valence-corrected chi connectivity index (χ1v) is 8.97. The number of hydrogen-bond acceptors (Lipinski definition) is 3. The monoisotopic (exact) mass is 290 g/mol. The number of hydrogen-bond donors (Lipinski definition) is 1. The van der Waals surface area contributed by atoms with E-state index in [9.17, 15) is 9.90 Å². The largest absolute Gasteiger partial charge is 0.393 e. The molecule has 4 heterocycles. The molecule has 116 valence electrons. The van der Waals surface area contributed by atoms with Gasteiger partial charge in [0.2, 0.25) is 5.91 Å². The summed E-state index contributed by atoms with van der Waals surface area (Å²) >= 11 is 0. The van der Waals surface area contributed by atoms with Crippen LogP contribution in [-0.4, -0.2) is 58.1 Å². The van der Waals surface area contributed by atoms with Crippen LogP contribution < -0.4 is 0 Å². The van der Waals surface area contributed by atoms with Crippen LogP contribution in [0.3, 0.4) is 0 Å². The van der Waals surface area contributed by atoms with Gasteiger partial charge in [-0.3, -0.25) is 9.69 Å². The van der Waals surface area contributed by atoms with E-state index in [2.05, 4.69) is 9.80 Å². The Morgan fingerprint density at radius 3 is 2.81 bits per heavy atom. The predicted molar refractivity (Wildman–Crippen MR) is 78.6 cm³/mol. The van der Waals surface area contributed by atoms with E-state index in [4.69, 9.17) is 0 Å². The Kier molecular flexibility index (Phi) is 2.73. The standard InChI is InChI=1S/C17H26N2O2/c20-11-3-4-14-13(9-11)12-5-7-18-6-1-2-10-8-15(21)19(14)17(12)16(10)18/h10-14,16-17,20H,1-9H2. The van der Waals surface area contributed by atoms with Crippen molar-refractivity contribution in [3.63, 3.8) is 0 Å². The normalized spacial score (nSPS) is 52.5. The Morgan fingerprint density at radius 2 is 1.90 bits per heavy atom. The third-order valence-electron chi connectivity index (χ3n) is 7.25. The molecular formula is C17H26N2O2. The molecule has 4 heteroatoms. The van der Waals surface area contributed by atoms with E-state index in [1.165, 1.54) is 32.4 Å². The average molecular weight is 290 g/mol. The fourth-order valence-electron chi connectivity index (χ4n) is 6.60. The topological polar surface area (TPSA) is 43.8 Å². The Bertz CT molecular complexity index is 468. The van der Waals surface area contributed by atoms with Crippen molar-refractivity contribution in [2.45, 2.75) is 69.2 Å².